The third-order valence-corrected chi connectivity index (χ3v) is 6.11. The molecule has 0 aliphatic carbocycles. The van der Waals surface area contributed by atoms with Gasteiger partial charge in [-0.3, -0.25) is 4.79 Å². The van der Waals surface area contributed by atoms with E-state index in [4.69, 9.17) is 9.47 Å². The zero-order valence-corrected chi connectivity index (χ0v) is 19.3. The number of thioether (sulfide) groups is 1. The van der Waals surface area contributed by atoms with E-state index in [2.05, 4.69) is 36.7 Å². The van der Waals surface area contributed by atoms with Gasteiger partial charge < -0.3 is 9.47 Å². The summed E-state index contributed by atoms with van der Waals surface area (Å²) in [6, 6.07) is 9.49. The number of rotatable bonds is 4. The maximum atomic E-state index is 12.0. The number of aromatic nitrogens is 1. The Morgan fingerprint density at radius 1 is 1.23 bits per heavy atom. The molecule has 1 aliphatic heterocycles. The third kappa shape index (κ3) is 5.68. The molecule has 1 unspecified atom stereocenters. The molecule has 3 rings (SSSR count). The number of pyridine rings is 1. The number of ether oxygens (including phenoxy) is 2. The number of esters is 2. The van der Waals surface area contributed by atoms with Crippen molar-refractivity contribution in [3.63, 3.8) is 0 Å². The second-order valence-corrected chi connectivity index (χ2v) is 9.54. The zero-order valence-electron chi connectivity index (χ0n) is 18.5. The van der Waals surface area contributed by atoms with E-state index in [-0.39, 0.29) is 28.7 Å². The van der Waals surface area contributed by atoms with Crippen LogP contribution in [0.25, 0.3) is 0 Å². The fourth-order valence-corrected chi connectivity index (χ4v) is 4.75. The molecule has 0 spiro atoms. The number of fused-ring (bicyclic) bond motifs is 1. The lowest BCUT2D eigenvalue weighted by atomic mass is 9.80. The first kappa shape index (κ1) is 22.9. The Balaban J connectivity index is 1.77. The first-order chi connectivity index (χ1) is 14.7. The molecule has 0 N–H and O–H groups in total. The predicted octanol–water partition coefficient (Wildman–Crippen LogP) is 4.96. The molecular weight excluding hydrogens is 410 g/mol. The number of hydrogen-bond acceptors (Lipinski definition) is 6. The highest BCUT2D eigenvalue weighted by Gasteiger charge is 2.35. The van der Waals surface area contributed by atoms with E-state index >= 15 is 0 Å². The molecule has 0 fully saturated rings. The van der Waals surface area contributed by atoms with Gasteiger partial charge in [-0.25, -0.2) is 9.78 Å². The number of hydrogen-bond donors (Lipinski definition) is 0. The fraction of sp³-hybridized carbons (Fsp3) is 0.400. The molecule has 31 heavy (non-hydrogen) atoms. The molecule has 1 aromatic heterocycles. The highest BCUT2D eigenvalue weighted by atomic mass is 32.2. The van der Waals surface area contributed by atoms with Gasteiger partial charge >= 0.3 is 11.9 Å². The molecule has 5 nitrogen and oxygen atoms in total. The minimum Gasteiger partial charge on any atom is -0.462 e. The topological polar surface area (TPSA) is 65.5 Å². The maximum absolute atomic E-state index is 12.0. The van der Waals surface area contributed by atoms with Crippen molar-refractivity contribution in [3.8, 4) is 11.8 Å². The largest absolute Gasteiger partial charge is 0.462 e. The molecular formula is C25H27NO4S. The van der Waals surface area contributed by atoms with Gasteiger partial charge in [0, 0.05) is 23.1 Å². The number of nitrogens with zero attached hydrogens (tertiary/aromatic N) is 1. The van der Waals surface area contributed by atoms with Gasteiger partial charge in [0.1, 0.15) is 5.69 Å². The van der Waals surface area contributed by atoms with Gasteiger partial charge in [-0.2, -0.15) is 0 Å². The molecule has 1 aliphatic rings. The Bertz CT molecular complexity index is 1030. The van der Waals surface area contributed by atoms with Gasteiger partial charge in [0.2, 0.25) is 0 Å². The smallest absolute Gasteiger partial charge is 0.339 e. The van der Waals surface area contributed by atoms with Crippen molar-refractivity contribution in [2.24, 2.45) is 5.92 Å². The predicted molar refractivity (Wildman–Crippen MR) is 121 cm³/mol. The third-order valence-electron chi connectivity index (χ3n) is 4.97. The molecule has 1 aromatic carbocycles. The molecule has 6 heteroatoms. The van der Waals surface area contributed by atoms with Crippen molar-refractivity contribution in [3.05, 3.63) is 58.9 Å². The molecule has 0 saturated heterocycles. The Labute approximate surface area is 187 Å². The lowest BCUT2D eigenvalue weighted by Gasteiger charge is -2.36. The highest BCUT2D eigenvalue weighted by molar-refractivity contribution is 7.99. The van der Waals surface area contributed by atoms with Gasteiger partial charge in [0.05, 0.1) is 18.1 Å². The van der Waals surface area contributed by atoms with Gasteiger partial charge in [-0.05, 0) is 54.2 Å². The summed E-state index contributed by atoms with van der Waals surface area (Å²) in [4.78, 5) is 29.1. The van der Waals surface area contributed by atoms with Crippen molar-refractivity contribution in [2.45, 2.75) is 56.8 Å². The second kappa shape index (κ2) is 9.57. The highest BCUT2D eigenvalue weighted by Crippen LogP contribution is 2.46. The molecule has 0 saturated carbocycles. The standard InChI is InChI=1S/C25H27NO4S/c1-6-29-24(28)18-9-11-19(26-15-18)10-7-17-8-12-21-20(13-17)25(4,5)14-22(31-21)30-23(27)16(2)3/h8-9,11-13,15-16,22H,6,14H2,1-5H3. The zero-order chi connectivity index (χ0) is 22.6. The van der Waals surface area contributed by atoms with Gasteiger partial charge in [-0.15, -0.1) is 0 Å². The molecule has 1 atom stereocenters. The summed E-state index contributed by atoms with van der Waals surface area (Å²) >= 11 is 1.59. The van der Waals surface area contributed by atoms with Gasteiger partial charge in [-0.1, -0.05) is 45.4 Å². The van der Waals surface area contributed by atoms with Crippen molar-refractivity contribution >= 4 is 23.7 Å². The molecule has 0 bridgehead atoms. The average molecular weight is 438 g/mol. The van der Waals surface area contributed by atoms with Crippen LogP contribution in [0.3, 0.4) is 0 Å². The minimum absolute atomic E-state index is 0.136. The molecule has 0 radical (unpaired) electrons. The Morgan fingerprint density at radius 2 is 2.00 bits per heavy atom. The van der Waals surface area contributed by atoms with Gasteiger partial charge in [0.15, 0.2) is 5.44 Å². The van der Waals surface area contributed by atoms with Crippen molar-refractivity contribution in [1.82, 2.24) is 4.98 Å². The summed E-state index contributed by atoms with van der Waals surface area (Å²) in [6.07, 6.45) is 2.23. The summed E-state index contributed by atoms with van der Waals surface area (Å²) in [7, 11) is 0. The lowest BCUT2D eigenvalue weighted by Crippen LogP contribution is -2.31. The van der Waals surface area contributed by atoms with E-state index in [1.165, 1.54) is 11.8 Å². The first-order valence-electron chi connectivity index (χ1n) is 10.4. The van der Waals surface area contributed by atoms with Crippen LogP contribution in [0.15, 0.2) is 41.4 Å². The monoisotopic (exact) mass is 437 g/mol. The SMILES string of the molecule is CCOC(=O)c1ccc(C#Cc2ccc3c(c2)C(C)(C)CC(OC(=O)C(C)C)S3)nc1. The van der Waals surface area contributed by atoms with E-state index < -0.39 is 0 Å². The Hall–Kier alpha value is -2.78. The van der Waals surface area contributed by atoms with Crippen molar-refractivity contribution in [1.29, 1.82) is 0 Å². The van der Waals surface area contributed by atoms with E-state index in [1.807, 2.05) is 26.0 Å². The number of benzene rings is 1. The number of carbonyl (C=O) groups is 2. The minimum atomic E-state index is -0.388. The van der Waals surface area contributed by atoms with Crippen molar-refractivity contribution < 1.29 is 19.1 Å². The number of carbonyl (C=O) groups excluding carboxylic acids is 2. The van der Waals surface area contributed by atoms with Crippen LogP contribution >= 0.6 is 11.8 Å². The van der Waals surface area contributed by atoms with Crippen LogP contribution < -0.4 is 0 Å². The summed E-state index contributed by atoms with van der Waals surface area (Å²) < 4.78 is 10.6. The molecule has 0 amide bonds. The average Bonchev–Trinajstić information content (AvgIpc) is 2.72. The summed E-state index contributed by atoms with van der Waals surface area (Å²) in [6.45, 7) is 10.1. The summed E-state index contributed by atoms with van der Waals surface area (Å²) in [5.74, 6) is 5.52. The first-order valence-corrected chi connectivity index (χ1v) is 11.2. The van der Waals surface area contributed by atoms with Crippen LogP contribution in [0.4, 0.5) is 0 Å². The van der Waals surface area contributed by atoms with E-state index in [1.54, 1.807) is 30.8 Å². The van der Waals surface area contributed by atoms with Crippen LogP contribution in [0.2, 0.25) is 0 Å². The van der Waals surface area contributed by atoms with Crippen LogP contribution in [0, 0.1) is 17.8 Å². The molecule has 2 aromatic rings. The summed E-state index contributed by atoms with van der Waals surface area (Å²) in [5.41, 5.74) is 2.76. The lowest BCUT2D eigenvalue weighted by molar-refractivity contribution is -0.149. The van der Waals surface area contributed by atoms with E-state index in [9.17, 15) is 9.59 Å². The van der Waals surface area contributed by atoms with E-state index in [0.717, 1.165) is 16.9 Å². The molecule has 2 heterocycles. The van der Waals surface area contributed by atoms with Crippen LogP contribution in [-0.4, -0.2) is 29.0 Å². The van der Waals surface area contributed by atoms with Crippen LogP contribution in [0.5, 0.6) is 0 Å². The fourth-order valence-electron chi connectivity index (χ4n) is 3.22. The Kier molecular flexibility index (Phi) is 7.07. The quantitative estimate of drug-likeness (QED) is 0.498. The van der Waals surface area contributed by atoms with Crippen molar-refractivity contribution in [2.75, 3.05) is 6.61 Å². The van der Waals surface area contributed by atoms with E-state index in [0.29, 0.717) is 17.9 Å². The normalized spacial score (nSPS) is 16.6. The molecule has 162 valence electrons. The Morgan fingerprint density at radius 3 is 2.65 bits per heavy atom. The maximum Gasteiger partial charge on any atom is 0.339 e. The van der Waals surface area contributed by atoms with Crippen LogP contribution in [-0.2, 0) is 19.7 Å². The van der Waals surface area contributed by atoms with Crippen LogP contribution in [0.1, 0.15) is 68.2 Å². The summed E-state index contributed by atoms with van der Waals surface area (Å²) in [5, 5.41) is 0. The second-order valence-electron chi connectivity index (χ2n) is 8.34. The van der Waals surface area contributed by atoms with Gasteiger partial charge in [0.25, 0.3) is 0 Å².